The van der Waals surface area contributed by atoms with Gasteiger partial charge in [0.15, 0.2) is 0 Å². The Balaban J connectivity index is 2.05. The molecule has 0 radical (unpaired) electrons. The van der Waals surface area contributed by atoms with Crippen molar-refractivity contribution in [2.24, 2.45) is 11.5 Å². The van der Waals surface area contributed by atoms with Gasteiger partial charge in [-0.05, 0) is 23.1 Å². The molecule has 0 heterocycles. The Hall–Kier alpha value is -1.64. The van der Waals surface area contributed by atoms with Crippen molar-refractivity contribution in [3.8, 4) is 0 Å². The van der Waals surface area contributed by atoms with Gasteiger partial charge in [-0.15, -0.1) is 0 Å². The molecule has 0 amide bonds. The first kappa shape index (κ1) is 11.8. The van der Waals surface area contributed by atoms with Crippen LogP contribution in [0.5, 0.6) is 0 Å². The fraction of sp³-hybridized carbons (Fsp3) is 0.200. The van der Waals surface area contributed by atoms with Crippen molar-refractivity contribution >= 4 is 0 Å². The number of rotatable bonds is 4. The average molecular weight is 226 g/mol. The van der Waals surface area contributed by atoms with Gasteiger partial charge in [-0.2, -0.15) is 0 Å². The summed E-state index contributed by atoms with van der Waals surface area (Å²) in [5, 5.41) is 0. The van der Waals surface area contributed by atoms with Crippen molar-refractivity contribution < 1.29 is 0 Å². The third-order valence-electron chi connectivity index (χ3n) is 2.94. The molecule has 17 heavy (non-hydrogen) atoms. The van der Waals surface area contributed by atoms with E-state index in [1.54, 1.807) is 0 Å². The Bertz CT molecular complexity index is 448. The van der Waals surface area contributed by atoms with E-state index >= 15 is 0 Å². The van der Waals surface area contributed by atoms with Crippen LogP contribution in [0.25, 0.3) is 0 Å². The van der Waals surface area contributed by atoms with Crippen molar-refractivity contribution in [3.05, 3.63) is 71.3 Å². The van der Waals surface area contributed by atoms with Crippen molar-refractivity contribution in [1.29, 1.82) is 0 Å². The average Bonchev–Trinajstić information content (AvgIpc) is 2.40. The Morgan fingerprint density at radius 1 is 0.824 bits per heavy atom. The Labute approximate surface area is 102 Å². The van der Waals surface area contributed by atoms with E-state index in [4.69, 9.17) is 11.5 Å². The summed E-state index contributed by atoms with van der Waals surface area (Å²) in [7, 11) is 0. The summed E-state index contributed by atoms with van der Waals surface area (Å²) in [5.74, 6) is 0. The molecule has 2 aromatic rings. The van der Waals surface area contributed by atoms with E-state index in [0.29, 0.717) is 6.54 Å². The second-order valence-corrected chi connectivity index (χ2v) is 4.24. The fourth-order valence-corrected chi connectivity index (χ4v) is 1.88. The van der Waals surface area contributed by atoms with Crippen LogP contribution >= 0.6 is 0 Å². The summed E-state index contributed by atoms with van der Waals surface area (Å²) in [4.78, 5) is 0. The van der Waals surface area contributed by atoms with Gasteiger partial charge >= 0.3 is 0 Å². The molecule has 0 bridgehead atoms. The van der Waals surface area contributed by atoms with Gasteiger partial charge < -0.3 is 11.5 Å². The molecule has 0 aliphatic heterocycles. The third-order valence-corrected chi connectivity index (χ3v) is 2.94. The van der Waals surface area contributed by atoms with Gasteiger partial charge in [-0.1, -0.05) is 54.6 Å². The molecular weight excluding hydrogens is 208 g/mol. The first-order valence-electron chi connectivity index (χ1n) is 5.88. The monoisotopic (exact) mass is 226 g/mol. The van der Waals surface area contributed by atoms with Crippen LogP contribution in [0.15, 0.2) is 54.6 Å². The minimum Gasteiger partial charge on any atom is -0.326 e. The summed E-state index contributed by atoms with van der Waals surface area (Å²) >= 11 is 0. The molecular formula is C15H18N2. The molecule has 0 fully saturated rings. The summed E-state index contributed by atoms with van der Waals surface area (Å²) in [6, 6.07) is 18.6. The highest BCUT2D eigenvalue weighted by molar-refractivity contribution is 5.26. The maximum atomic E-state index is 6.17. The molecule has 0 aliphatic carbocycles. The quantitative estimate of drug-likeness (QED) is 0.841. The molecule has 2 heteroatoms. The molecule has 1 atom stereocenters. The molecule has 0 aliphatic rings. The molecule has 1 unspecified atom stereocenters. The highest BCUT2D eigenvalue weighted by atomic mass is 14.6. The first-order valence-corrected chi connectivity index (χ1v) is 5.88. The lowest BCUT2D eigenvalue weighted by atomic mass is 9.99. The maximum Gasteiger partial charge on any atom is 0.0335 e. The summed E-state index contributed by atoms with van der Waals surface area (Å²) < 4.78 is 0. The number of benzene rings is 2. The van der Waals surface area contributed by atoms with E-state index in [0.717, 1.165) is 12.0 Å². The summed E-state index contributed by atoms with van der Waals surface area (Å²) in [6.45, 7) is 0.588. The van der Waals surface area contributed by atoms with Gasteiger partial charge in [0.05, 0.1) is 0 Å². The van der Waals surface area contributed by atoms with Crippen LogP contribution in [0.3, 0.4) is 0 Å². The molecule has 0 saturated heterocycles. The van der Waals surface area contributed by atoms with E-state index in [1.807, 2.05) is 18.2 Å². The predicted octanol–water partition coefficient (Wildman–Crippen LogP) is 2.39. The minimum absolute atomic E-state index is 0.0555. The Kier molecular flexibility index (Phi) is 3.91. The lowest BCUT2D eigenvalue weighted by Crippen LogP contribution is -2.13. The predicted molar refractivity (Wildman–Crippen MR) is 71.4 cm³/mol. The largest absolute Gasteiger partial charge is 0.326 e. The van der Waals surface area contributed by atoms with Gasteiger partial charge in [-0.25, -0.2) is 0 Å². The fourth-order valence-electron chi connectivity index (χ4n) is 1.88. The topological polar surface area (TPSA) is 52.0 Å². The van der Waals surface area contributed by atoms with Gasteiger partial charge in [0.1, 0.15) is 0 Å². The van der Waals surface area contributed by atoms with Gasteiger partial charge in [0, 0.05) is 12.6 Å². The molecule has 0 spiro atoms. The van der Waals surface area contributed by atoms with Gasteiger partial charge in [0.2, 0.25) is 0 Å². The second-order valence-electron chi connectivity index (χ2n) is 4.24. The van der Waals surface area contributed by atoms with Crippen molar-refractivity contribution in [1.82, 2.24) is 0 Å². The molecule has 88 valence electrons. The molecule has 2 rings (SSSR count). The smallest absolute Gasteiger partial charge is 0.0335 e. The van der Waals surface area contributed by atoms with Gasteiger partial charge in [0.25, 0.3) is 0 Å². The van der Waals surface area contributed by atoms with Crippen molar-refractivity contribution in [2.45, 2.75) is 19.0 Å². The number of nitrogens with two attached hydrogens (primary N) is 2. The van der Waals surface area contributed by atoms with Crippen LogP contribution in [0.1, 0.15) is 22.7 Å². The van der Waals surface area contributed by atoms with Crippen LogP contribution in [-0.2, 0) is 13.0 Å². The normalized spacial score (nSPS) is 12.4. The van der Waals surface area contributed by atoms with E-state index < -0.39 is 0 Å². The Morgan fingerprint density at radius 3 is 2.00 bits per heavy atom. The van der Waals surface area contributed by atoms with E-state index in [2.05, 4.69) is 36.4 Å². The first-order chi connectivity index (χ1) is 8.29. The SMILES string of the molecule is NCc1ccc(CC(N)c2ccccc2)cc1. The highest BCUT2D eigenvalue weighted by Gasteiger charge is 2.06. The van der Waals surface area contributed by atoms with E-state index in [9.17, 15) is 0 Å². The molecule has 0 aromatic heterocycles. The van der Waals surface area contributed by atoms with Crippen molar-refractivity contribution in [2.75, 3.05) is 0 Å². The second kappa shape index (κ2) is 5.62. The standard InChI is InChI=1S/C15H18N2/c16-11-13-8-6-12(7-9-13)10-15(17)14-4-2-1-3-5-14/h1-9,15H,10-11,16-17H2. The molecule has 0 saturated carbocycles. The zero-order valence-corrected chi connectivity index (χ0v) is 9.84. The van der Waals surface area contributed by atoms with E-state index in [-0.39, 0.29) is 6.04 Å². The summed E-state index contributed by atoms with van der Waals surface area (Å²) in [6.07, 6.45) is 0.856. The highest BCUT2D eigenvalue weighted by Crippen LogP contribution is 2.16. The van der Waals surface area contributed by atoms with Crippen LogP contribution in [0.2, 0.25) is 0 Å². The van der Waals surface area contributed by atoms with Gasteiger partial charge in [-0.3, -0.25) is 0 Å². The van der Waals surface area contributed by atoms with Crippen LogP contribution in [0.4, 0.5) is 0 Å². The molecule has 2 aromatic carbocycles. The lowest BCUT2D eigenvalue weighted by molar-refractivity contribution is 0.721. The zero-order chi connectivity index (χ0) is 12.1. The zero-order valence-electron chi connectivity index (χ0n) is 9.84. The number of hydrogen-bond donors (Lipinski definition) is 2. The number of hydrogen-bond acceptors (Lipinski definition) is 2. The van der Waals surface area contributed by atoms with Crippen LogP contribution in [0, 0.1) is 0 Å². The minimum atomic E-state index is 0.0555. The third kappa shape index (κ3) is 3.16. The van der Waals surface area contributed by atoms with Crippen LogP contribution < -0.4 is 11.5 Å². The lowest BCUT2D eigenvalue weighted by Gasteiger charge is -2.12. The van der Waals surface area contributed by atoms with Crippen molar-refractivity contribution in [3.63, 3.8) is 0 Å². The summed E-state index contributed by atoms with van der Waals surface area (Å²) in [5.41, 5.74) is 15.3. The Morgan fingerprint density at radius 2 is 1.41 bits per heavy atom. The molecule has 2 nitrogen and oxygen atoms in total. The van der Waals surface area contributed by atoms with Crippen LogP contribution in [-0.4, -0.2) is 0 Å². The van der Waals surface area contributed by atoms with E-state index in [1.165, 1.54) is 11.1 Å². The molecule has 4 N–H and O–H groups in total. The maximum absolute atomic E-state index is 6.17.